The normalized spacial score (nSPS) is 11.3. The van der Waals surface area contributed by atoms with Crippen molar-refractivity contribution in [3.05, 3.63) is 41.2 Å². The first-order valence-electron chi connectivity index (χ1n) is 7.57. The van der Waals surface area contributed by atoms with Crippen molar-refractivity contribution in [2.45, 2.75) is 26.7 Å². The zero-order chi connectivity index (χ0) is 16.6. The maximum absolute atomic E-state index is 11.9. The minimum Gasteiger partial charge on any atom is -0.275 e. The number of hydrogen-bond donors (Lipinski definition) is 0. The van der Waals surface area contributed by atoms with E-state index < -0.39 is 0 Å². The fourth-order valence-corrected chi connectivity index (χ4v) is 2.83. The van der Waals surface area contributed by atoms with Gasteiger partial charge in [0.2, 0.25) is 5.91 Å². The van der Waals surface area contributed by atoms with Crippen LogP contribution in [0.4, 0.5) is 0 Å². The third kappa shape index (κ3) is 2.66. The summed E-state index contributed by atoms with van der Waals surface area (Å²) >= 11 is 0. The molecule has 1 amide bonds. The molecule has 23 heavy (non-hydrogen) atoms. The summed E-state index contributed by atoms with van der Waals surface area (Å²) in [7, 11) is 3.10. The van der Waals surface area contributed by atoms with E-state index in [9.17, 15) is 4.79 Å². The Labute approximate surface area is 134 Å². The van der Waals surface area contributed by atoms with Gasteiger partial charge in [0.05, 0.1) is 12.6 Å². The number of fused-ring (bicyclic) bond motifs is 3. The van der Waals surface area contributed by atoms with E-state index in [4.69, 9.17) is 9.82 Å². The smallest absolute Gasteiger partial charge is 0.246 e. The van der Waals surface area contributed by atoms with Gasteiger partial charge < -0.3 is 0 Å². The van der Waals surface area contributed by atoms with Crippen LogP contribution in [-0.4, -0.2) is 39.7 Å². The van der Waals surface area contributed by atoms with E-state index in [0.717, 1.165) is 33.5 Å². The highest BCUT2D eigenvalue weighted by Gasteiger charge is 2.16. The number of amides is 1. The predicted molar refractivity (Wildman–Crippen MR) is 88.1 cm³/mol. The van der Waals surface area contributed by atoms with E-state index in [2.05, 4.69) is 5.10 Å². The van der Waals surface area contributed by atoms with Gasteiger partial charge in [-0.1, -0.05) is 12.1 Å². The first-order valence-corrected chi connectivity index (χ1v) is 7.57. The Hall–Kier alpha value is -2.47. The number of benzene rings is 1. The zero-order valence-corrected chi connectivity index (χ0v) is 13.8. The van der Waals surface area contributed by atoms with E-state index in [-0.39, 0.29) is 5.91 Å². The standard InChI is InChI=1S/C17H20N4O2/c1-11-13(9-10-16(22)20(3)23-4)12(2)21-17(18-11)14-7-5-6-8-15(14)19-21/h5-8H,9-10H2,1-4H3. The Kier molecular flexibility index (Phi) is 4.00. The van der Waals surface area contributed by atoms with Crippen molar-refractivity contribution >= 4 is 22.5 Å². The summed E-state index contributed by atoms with van der Waals surface area (Å²) in [5, 5.41) is 6.92. The predicted octanol–water partition coefficient (Wildman–Crippen LogP) is 2.45. The van der Waals surface area contributed by atoms with Gasteiger partial charge in [0.15, 0.2) is 5.65 Å². The number of aryl methyl sites for hydroxylation is 2. The molecule has 1 aromatic carbocycles. The molecule has 6 heteroatoms. The molecule has 0 bridgehead atoms. The van der Waals surface area contributed by atoms with Gasteiger partial charge in [-0.05, 0) is 38.0 Å². The first-order chi connectivity index (χ1) is 11.0. The van der Waals surface area contributed by atoms with Gasteiger partial charge in [-0.15, -0.1) is 0 Å². The summed E-state index contributed by atoms with van der Waals surface area (Å²) in [6.07, 6.45) is 0.989. The molecule has 0 spiro atoms. The van der Waals surface area contributed by atoms with Crippen molar-refractivity contribution in [2.24, 2.45) is 0 Å². The van der Waals surface area contributed by atoms with Crippen LogP contribution in [0, 0.1) is 13.8 Å². The van der Waals surface area contributed by atoms with Gasteiger partial charge in [-0.2, -0.15) is 5.10 Å². The third-order valence-corrected chi connectivity index (χ3v) is 4.23. The second kappa shape index (κ2) is 5.96. The number of hydroxylamine groups is 2. The lowest BCUT2D eigenvalue weighted by Crippen LogP contribution is -2.25. The molecule has 120 valence electrons. The monoisotopic (exact) mass is 312 g/mol. The molecule has 0 aliphatic carbocycles. The SMILES string of the molecule is CON(C)C(=O)CCc1c(C)nc2c3ccccc3nn2c1C. The molecule has 0 aliphatic heterocycles. The maximum Gasteiger partial charge on any atom is 0.246 e. The van der Waals surface area contributed by atoms with Crippen LogP contribution in [0.2, 0.25) is 0 Å². The molecule has 2 aromatic heterocycles. The summed E-state index contributed by atoms with van der Waals surface area (Å²) < 4.78 is 1.87. The highest BCUT2D eigenvalue weighted by atomic mass is 16.7. The maximum atomic E-state index is 11.9. The lowest BCUT2D eigenvalue weighted by Gasteiger charge is -2.15. The third-order valence-electron chi connectivity index (χ3n) is 4.23. The highest BCUT2D eigenvalue weighted by Crippen LogP contribution is 2.23. The first kappa shape index (κ1) is 15.4. The number of rotatable bonds is 4. The molecular weight excluding hydrogens is 292 g/mol. The fourth-order valence-electron chi connectivity index (χ4n) is 2.83. The Morgan fingerprint density at radius 2 is 2.04 bits per heavy atom. The molecule has 0 saturated heterocycles. The van der Waals surface area contributed by atoms with Crippen molar-refractivity contribution in [2.75, 3.05) is 14.2 Å². The highest BCUT2D eigenvalue weighted by molar-refractivity contribution is 5.92. The van der Waals surface area contributed by atoms with Crippen LogP contribution in [0.1, 0.15) is 23.4 Å². The van der Waals surface area contributed by atoms with Gasteiger partial charge in [0.1, 0.15) is 0 Å². The number of nitrogens with zero attached hydrogens (tertiary/aromatic N) is 4. The van der Waals surface area contributed by atoms with Crippen LogP contribution in [0.3, 0.4) is 0 Å². The fraction of sp³-hybridized carbons (Fsp3) is 0.353. The van der Waals surface area contributed by atoms with Crippen molar-refractivity contribution < 1.29 is 9.63 Å². The Morgan fingerprint density at radius 1 is 1.30 bits per heavy atom. The van der Waals surface area contributed by atoms with E-state index in [1.165, 1.54) is 12.2 Å². The molecule has 0 fully saturated rings. The molecule has 0 N–H and O–H groups in total. The van der Waals surface area contributed by atoms with Gasteiger partial charge in [0.25, 0.3) is 0 Å². The van der Waals surface area contributed by atoms with Crippen molar-refractivity contribution in [1.82, 2.24) is 19.7 Å². The van der Waals surface area contributed by atoms with Crippen LogP contribution in [-0.2, 0) is 16.1 Å². The number of carbonyl (C=O) groups is 1. The second-order valence-electron chi connectivity index (χ2n) is 5.59. The Morgan fingerprint density at radius 3 is 2.78 bits per heavy atom. The second-order valence-corrected chi connectivity index (χ2v) is 5.59. The lowest BCUT2D eigenvalue weighted by molar-refractivity contribution is -0.168. The summed E-state index contributed by atoms with van der Waals surface area (Å²) in [5.74, 6) is -0.0583. The summed E-state index contributed by atoms with van der Waals surface area (Å²) in [5.41, 5.74) is 4.81. The molecule has 0 unspecified atom stereocenters. The van der Waals surface area contributed by atoms with Crippen LogP contribution in [0.15, 0.2) is 24.3 Å². The molecule has 0 atom stereocenters. The molecule has 2 heterocycles. The molecule has 6 nitrogen and oxygen atoms in total. The quantitative estimate of drug-likeness (QED) is 0.694. The van der Waals surface area contributed by atoms with E-state index >= 15 is 0 Å². The van der Waals surface area contributed by atoms with Gasteiger partial charge in [-0.3, -0.25) is 9.63 Å². The topological polar surface area (TPSA) is 59.7 Å². The largest absolute Gasteiger partial charge is 0.275 e. The molecular formula is C17H20N4O2. The summed E-state index contributed by atoms with van der Waals surface area (Å²) in [6.45, 7) is 4.00. The minimum absolute atomic E-state index is 0.0583. The molecule has 0 aliphatic rings. The molecule has 0 saturated carbocycles. The summed E-state index contributed by atoms with van der Waals surface area (Å²) in [4.78, 5) is 21.6. The number of hydrogen-bond acceptors (Lipinski definition) is 4. The Balaban J connectivity index is 2.01. The summed E-state index contributed by atoms with van der Waals surface area (Å²) in [6, 6.07) is 7.97. The van der Waals surface area contributed by atoms with E-state index in [1.54, 1.807) is 7.05 Å². The minimum atomic E-state index is -0.0583. The molecule has 0 radical (unpaired) electrons. The van der Waals surface area contributed by atoms with Crippen molar-refractivity contribution in [1.29, 1.82) is 0 Å². The van der Waals surface area contributed by atoms with Crippen LogP contribution >= 0.6 is 0 Å². The van der Waals surface area contributed by atoms with Crippen LogP contribution in [0.5, 0.6) is 0 Å². The van der Waals surface area contributed by atoms with E-state index in [1.807, 2.05) is 42.6 Å². The Bertz CT molecular complexity index is 885. The van der Waals surface area contributed by atoms with Crippen LogP contribution < -0.4 is 0 Å². The zero-order valence-electron chi connectivity index (χ0n) is 13.8. The number of aromatic nitrogens is 3. The van der Waals surface area contributed by atoms with Crippen LogP contribution in [0.25, 0.3) is 16.6 Å². The lowest BCUT2D eigenvalue weighted by atomic mass is 10.1. The van der Waals surface area contributed by atoms with Gasteiger partial charge >= 0.3 is 0 Å². The van der Waals surface area contributed by atoms with Gasteiger partial charge in [0, 0.05) is 30.2 Å². The van der Waals surface area contributed by atoms with Crippen molar-refractivity contribution in [3.8, 4) is 0 Å². The number of carbonyl (C=O) groups excluding carboxylic acids is 1. The average molecular weight is 312 g/mol. The average Bonchev–Trinajstić information content (AvgIpc) is 2.92. The molecule has 3 rings (SSSR count). The molecule has 3 aromatic rings. The van der Waals surface area contributed by atoms with Crippen molar-refractivity contribution in [3.63, 3.8) is 0 Å². The van der Waals surface area contributed by atoms with Gasteiger partial charge in [-0.25, -0.2) is 14.6 Å². The van der Waals surface area contributed by atoms with E-state index in [0.29, 0.717) is 12.8 Å².